The lowest BCUT2D eigenvalue weighted by Gasteiger charge is -2.16. The maximum absolute atomic E-state index is 13.6. The summed E-state index contributed by atoms with van der Waals surface area (Å²) in [6, 6.07) is 9.10. The first kappa shape index (κ1) is 24.2. The van der Waals surface area contributed by atoms with E-state index in [-0.39, 0.29) is 24.2 Å². The first-order valence-corrected chi connectivity index (χ1v) is 11.3. The van der Waals surface area contributed by atoms with Gasteiger partial charge in [-0.2, -0.15) is 0 Å². The minimum Gasteiger partial charge on any atom is -0.468 e. The van der Waals surface area contributed by atoms with Gasteiger partial charge in [-0.25, -0.2) is 9.78 Å². The summed E-state index contributed by atoms with van der Waals surface area (Å²) in [6.45, 7) is 2.41. The fourth-order valence-corrected chi connectivity index (χ4v) is 3.95. The molecule has 10 heteroatoms. The van der Waals surface area contributed by atoms with Crippen LogP contribution in [0.2, 0.25) is 5.02 Å². The SMILES string of the molecule is Cc1cncc(Oc2cnc3c(c2Cc2ccc(Cl)cc2)c(=O)n(CCCOC=O)c(=O)n3C)c1. The lowest BCUT2D eigenvalue weighted by Crippen LogP contribution is -2.40. The number of rotatable bonds is 9. The highest BCUT2D eigenvalue weighted by Gasteiger charge is 2.20. The van der Waals surface area contributed by atoms with Gasteiger partial charge in [0, 0.05) is 36.8 Å². The number of aryl methyl sites for hydroxylation is 2. The number of nitrogens with zero attached hydrogens (tertiary/aromatic N) is 4. The van der Waals surface area contributed by atoms with E-state index in [0.717, 1.165) is 15.7 Å². The van der Waals surface area contributed by atoms with Gasteiger partial charge < -0.3 is 9.47 Å². The number of halogens is 1. The maximum atomic E-state index is 13.6. The molecule has 3 aromatic heterocycles. The standard InChI is InChI=1S/C25H23ClN4O5/c1-16-10-19(13-27-12-16)35-21-14-28-23-22(20(21)11-17-4-6-18(26)7-5-17)24(32)30(25(33)29(23)2)8-3-9-34-15-31/h4-7,10,12-15H,3,8-9,11H2,1-2H3. The number of aromatic nitrogens is 4. The van der Waals surface area contributed by atoms with E-state index < -0.39 is 11.2 Å². The summed E-state index contributed by atoms with van der Waals surface area (Å²) in [5.41, 5.74) is 1.65. The Kier molecular flexibility index (Phi) is 7.26. The molecule has 0 saturated heterocycles. The number of benzene rings is 1. The lowest BCUT2D eigenvalue weighted by molar-refractivity contribution is -0.128. The van der Waals surface area contributed by atoms with E-state index in [4.69, 9.17) is 21.1 Å². The molecule has 0 aliphatic rings. The Hall–Kier alpha value is -3.98. The smallest absolute Gasteiger partial charge is 0.332 e. The number of pyridine rings is 2. The average molecular weight is 495 g/mol. The highest BCUT2D eigenvalue weighted by atomic mass is 35.5. The van der Waals surface area contributed by atoms with Crippen LogP contribution in [0.1, 0.15) is 23.1 Å². The number of carbonyl (C=O) groups is 1. The predicted octanol–water partition coefficient (Wildman–Crippen LogP) is 3.40. The van der Waals surface area contributed by atoms with E-state index in [9.17, 15) is 14.4 Å². The molecule has 1 aromatic carbocycles. The Labute approximate surface area is 205 Å². The summed E-state index contributed by atoms with van der Waals surface area (Å²) in [4.78, 5) is 45.5. The van der Waals surface area contributed by atoms with E-state index in [1.165, 1.54) is 10.8 Å². The van der Waals surface area contributed by atoms with Crippen molar-refractivity contribution in [2.24, 2.45) is 7.05 Å². The third-order valence-electron chi connectivity index (χ3n) is 5.51. The van der Waals surface area contributed by atoms with Gasteiger partial charge in [-0.15, -0.1) is 0 Å². The van der Waals surface area contributed by atoms with Crippen LogP contribution < -0.4 is 16.0 Å². The summed E-state index contributed by atoms with van der Waals surface area (Å²) in [7, 11) is 1.56. The number of carbonyl (C=O) groups excluding carboxylic acids is 1. The Balaban J connectivity index is 1.91. The Morgan fingerprint density at radius 2 is 1.89 bits per heavy atom. The van der Waals surface area contributed by atoms with Crippen LogP contribution in [0.5, 0.6) is 11.5 Å². The van der Waals surface area contributed by atoms with Crippen LogP contribution >= 0.6 is 11.6 Å². The number of hydrogen-bond acceptors (Lipinski definition) is 7. The van der Waals surface area contributed by atoms with Crippen LogP contribution in [0.3, 0.4) is 0 Å². The number of hydrogen-bond donors (Lipinski definition) is 0. The second-order valence-electron chi connectivity index (χ2n) is 8.02. The van der Waals surface area contributed by atoms with Crippen molar-refractivity contribution >= 4 is 29.1 Å². The molecular formula is C25H23ClN4O5. The number of fused-ring (bicyclic) bond motifs is 1. The zero-order valence-corrected chi connectivity index (χ0v) is 20.0. The van der Waals surface area contributed by atoms with Gasteiger partial charge in [-0.1, -0.05) is 23.7 Å². The largest absolute Gasteiger partial charge is 0.468 e. The molecule has 4 aromatic rings. The third-order valence-corrected chi connectivity index (χ3v) is 5.76. The van der Waals surface area contributed by atoms with Crippen molar-refractivity contribution in [3.63, 3.8) is 0 Å². The molecular weight excluding hydrogens is 472 g/mol. The monoisotopic (exact) mass is 494 g/mol. The van der Waals surface area contributed by atoms with Crippen molar-refractivity contribution < 1.29 is 14.3 Å². The highest BCUT2D eigenvalue weighted by molar-refractivity contribution is 6.30. The fraction of sp³-hybridized carbons (Fsp3) is 0.240. The third kappa shape index (κ3) is 5.25. The quantitative estimate of drug-likeness (QED) is 0.259. The molecule has 0 atom stereocenters. The van der Waals surface area contributed by atoms with Crippen molar-refractivity contribution in [1.29, 1.82) is 0 Å². The summed E-state index contributed by atoms with van der Waals surface area (Å²) in [5.74, 6) is 0.881. The molecule has 0 bridgehead atoms. The molecule has 180 valence electrons. The van der Waals surface area contributed by atoms with Gasteiger partial charge >= 0.3 is 5.69 Å². The lowest BCUT2D eigenvalue weighted by atomic mass is 10.0. The van der Waals surface area contributed by atoms with Crippen LogP contribution in [0, 0.1) is 6.92 Å². The van der Waals surface area contributed by atoms with E-state index in [0.29, 0.717) is 41.4 Å². The molecule has 0 amide bonds. The van der Waals surface area contributed by atoms with Crippen molar-refractivity contribution in [2.45, 2.75) is 26.3 Å². The summed E-state index contributed by atoms with van der Waals surface area (Å²) < 4.78 is 13.3. The van der Waals surface area contributed by atoms with E-state index in [1.54, 1.807) is 31.6 Å². The number of ether oxygens (including phenoxy) is 2. The van der Waals surface area contributed by atoms with Crippen LogP contribution in [-0.2, 0) is 29.5 Å². The average Bonchev–Trinajstić information content (AvgIpc) is 2.84. The van der Waals surface area contributed by atoms with E-state index >= 15 is 0 Å². The maximum Gasteiger partial charge on any atom is 0.332 e. The fourth-order valence-electron chi connectivity index (χ4n) is 3.82. The molecule has 0 aliphatic heterocycles. The van der Waals surface area contributed by atoms with Crippen molar-refractivity contribution in [3.05, 3.63) is 91.5 Å². The molecule has 0 spiro atoms. The van der Waals surface area contributed by atoms with Gasteiger partial charge in [-0.05, 0) is 42.7 Å². The molecule has 0 fully saturated rings. The van der Waals surface area contributed by atoms with Crippen molar-refractivity contribution in [1.82, 2.24) is 19.1 Å². The first-order chi connectivity index (χ1) is 16.9. The summed E-state index contributed by atoms with van der Waals surface area (Å²) in [5, 5.41) is 0.870. The van der Waals surface area contributed by atoms with Crippen LogP contribution in [-0.4, -0.2) is 32.2 Å². The van der Waals surface area contributed by atoms with Gasteiger partial charge in [0.15, 0.2) is 0 Å². The Bertz CT molecular complexity index is 1500. The second-order valence-corrected chi connectivity index (χ2v) is 8.46. The molecule has 35 heavy (non-hydrogen) atoms. The molecule has 0 aliphatic carbocycles. The zero-order chi connectivity index (χ0) is 24.9. The molecule has 9 nitrogen and oxygen atoms in total. The van der Waals surface area contributed by atoms with Crippen molar-refractivity contribution in [2.75, 3.05) is 6.61 Å². The minimum absolute atomic E-state index is 0.0859. The van der Waals surface area contributed by atoms with Crippen LogP contribution in [0.4, 0.5) is 0 Å². The molecule has 4 rings (SSSR count). The highest BCUT2D eigenvalue weighted by Crippen LogP contribution is 2.30. The van der Waals surface area contributed by atoms with Gasteiger partial charge in [0.25, 0.3) is 12.0 Å². The summed E-state index contributed by atoms with van der Waals surface area (Å²) in [6.07, 6.45) is 5.45. The molecule has 0 radical (unpaired) electrons. The first-order valence-electron chi connectivity index (χ1n) is 10.9. The zero-order valence-electron chi connectivity index (χ0n) is 19.2. The van der Waals surface area contributed by atoms with Gasteiger partial charge in [-0.3, -0.25) is 23.7 Å². The van der Waals surface area contributed by atoms with Gasteiger partial charge in [0.2, 0.25) is 0 Å². The van der Waals surface area contributed by atoms with Crippen LogP contribution in [0.25, 0.3) is 11.0 Å². The Morgan fingerprint density at radius 1 is 1.11 bits per heavy atom. The Morgan fingerprint density at radius 3 is 2.60 bits per heavy atom. The molecule has 0 unspecified atom stereocenters. The van der Waals surface area contributed by atoms with Crippen molar-refractivity contribution in [3.8, 4) is 11.5 Å². The van der Waals surface area contributed by atoms with Crippen LogP contribution in [0.15, 0.2) is 58.5 Å². The normalized spacial score (nSPS) is 10.9. The molecule has 3 heterocycles. The summed E-state index contributed by atoms with van der Waals surface area (Å²) >= 11 is 6.05. The van der Waals surface area contributed by atoms with E-state index in [2.05, 4.69) is 9.97 Å². The molecule has 0 N–H and O–H groups in total. The van der Waals surface area contributed by atoms with Gasteiger partial charge in [0.1, 0.15) is 17.1 Å². The van der Waals surface area contributed by atoms with E-state index in [1.807, 2.05) is 25.1 Å². The minimum atomic E-state index is -0.505. The van der Waals surface area contributed by atoms with Gasteiger partial charge in [0.05, 0.1) is 24.4 Å². The predicted molar refractivity (Wildman–Crippen MR) is 131 cm³/mol. The topological polar surface area (TPSA) is 105 Å². The molecule has 0 saturated carbocycles. The second kappa shape index (κ2) is 10.5.